The lowest BCUT2D eigenvalue weighted by Crippen LogP contribution is -2.53. The van der Waals surface area contributed by atoms with E-state index in [2.05, 4.69) is 19.2 Å². The molecule has 2 nitrogen and oxygen atoms in total. The highest BCUT2D eigenvalue weighted by Crippen LogP contribution is 2.40. The van der Waals surface area contributed by atoms with Crippen LogP contribution in [0.1, 0.15) is 20.3 Å². The molecule has 1 atom stereocenters. The van der Waals surface area contributed by atoms with Crippen molar-refractivity contribution in [2.45, 2.75) is 25.8 Å². The van der Waals surface area contributed by atoms with E-state index in [0.29, 0.717) is 17.3 Å². The van der Waals surface area contributed by atoms with Gasteiger partial charge >= 0.3 is 0 Å². The molecule has 0 aliphatic carbocycles. The molecule has 2 rings (SSSR count). The Morgan fingerprint density at radius 2 is 2.11 bits per heavy atom. The summed E-state index contributed by atoms with van der Waals surface area (Å²) >= 11 is 7.79. The molecule has 19 heavy (non-hydrogen) atoms. The molecule has 0 bridgehead atoms. The molecule has 0 aromatic heterocycles. The Balaban J connectivity index is 2.22. The Morgan fingerprint density at radius 1 is 1.37 bits per heavy atom. The highest BCUT2D eigenvalue weighted by Gasteiger charge is 2.39. The Kier molecular flexibility index (Phi) is 4.33. The average Bonchev–Trinajstić information content (AvgIpc) is 2.26. The molecule has 1 saturated heterocycles. The van der Waals surface area contributed by atoms with E-state index < -0.39 is 0 Å². The summed E-state index contributed by atoms with van der Waals surface area (Å²) < 4.78 is 13.4. The quantitative estimate of drug-likeness (QED) is 0.893. The minimum Gasteiger partial charge on any atom is -0.377 e. The number of nitrogens with two attached hydrogens (primary N) is 1. The normalized spacial score (nSPS) is 26.2. The Labute approximate surface area is 123 Å². The van der Waals surface area contributed by atoms with Crippen molar-refractivity contribution < 1.29 is 4.39 Å². The Hall–Kier alpha value is -0.450. The van der Waals surface area contributed by atoms with Gasteiger partial charge in [0.25, 0.3) is 0 Å². The number of halogens is 2. The van der Waals surface area contributed by atoms with Crippen LogP contribution >= 0.6 is 23.4 Å². The van der Waals surface area contributed by atoms with E-state index in [-0.39, 0.29) is 16.8 Å². The van der Waals surface area contributed by atoms with Crippen LogP contribution in [-0.4, -0.2) is 23.6 Å². The molecule has 1 aliphatic rings. The molecule has 5 heteroatoms. The minimum atomic E-state index is -0.329. The standard InChI is InChI=1S/C14H20ClFN2S/c1-13(2)6-14(7-17,9-19-8-13)18-12-4-10(15)3-11(16)5-12/h3-5,18H,6-9,17H2,1-2H3. The van der Waals surface area contributed by atoms with E-state index in [1.807, 2.05) is 11.8 Å². The summed E-state index contributed by atoms with van der Waals surface area (Å²) in [5.74, 6) is 1.73. The van der Waals surface area contributed by atoms with Crippen molar-refractivity contribution in [1.82, 2.24) is 0 Å². The molecule has 0 amide bonds. The van der Waals surface area contributed by atoms with Crippen molar-refractivity contribution in [1.29, 1.82) is 0 Å². The number of hydrogen-bond acceptors (Lipinski definition) is 3. The fraction of sp³-hybridized carbons (Fsp3) is 0.571. The van der Waals surface area contributed by atoms with Crippen LogP contribution in [0.2, 0.25) is 5.02 Å². The lowest BCUT2D eigenvalue weighted by molar-refractivity contribution is 0.290. The topological polar surface area (TPSA) is 38.0 Å². The summed E-state index contributed by atoms with van der Waals surface area (Å²) in [6.07, 6.45) is 0.970. The molecule has 106 valence electrons. The highest BCUT2D eigenvalue weighted by molar-refractivity contribution is 7.99. The van der Waals surface area contributed by atoms with Gasteiger partial charge in [-0.2, -0.15) is 11.8 Å². The van der Waals surface area contributed by atoms with Gasteiger partial charge in [-0.3, -0.25) is 0 Å². The van der Waals surface area contributed by atoms with Gasteiger partial charge in [0.1, 0.15) is 5.82 Å². The van der Waals surface area contributed by atoms with Crippen LogP contribution < -0.4 is 11.1 Å². The van der Waals surface area contributed by atoms with Crippen LogP contribution in [0.4, 0.5) is 10.1 Å². The molecule has 3 N–H and O–H groups in total. The van der Waals surface area contributed by atoms with Crippen LogP contribution in [0.15, 0.2) is 18.2 Å². The molecular formula is C14H20ClFN2S. The van der Waals surface area contributed by atoms with Crippen LogP contribution in [-0.2, 0) is 0 Å². The SMILES string of the molecule is CC1(C)CSCC(CN)(Nc2cc(F)cc(Cl)c2)C1. The summed E-state index contributed by atoms with van der Waals surface area (Å²) in [6.45, 7) is 5.01. The third kappa shape index (κ3) is 3.77. The largest absolute Gasteiger partial charge is 0.377 e. The summed E-state index contributed by atoms with van der Waals surface area (Å²) in [6, 6.07) is 4.52. The molecule has 1 aliphatic heterocycles. The van der Waals surface area contributed by atoms with E-state index in [0.717, 1.165) is 17.9 Å². The van der Waals surface area contributed by atoms with Crippen molar-refractivity contribution in [2.75, 3.05) is 23.4 Å². The van der Waals surface area contributed by atoms with Gasteiger partial charge in [0.2, 0.25) is 0 Å². The number of anilines is 1. The van der Waals surface area contributed by atoms with Crippen molar-refractivity contribution in [3.63, 3.8) is 0 Å². The predicted octanol–water partition coefficient (Wildman–Crippen LogP) is 3.75. The van der Waals surface area contributed by atoms with E-state index in [4.69, 9.17) is 17.3 Å². The van der Waals surface area contributed by atoms with Crippen LogP contribution in [0.3, 0.4) is 0 Å². The first-order valence-electron chi connectivity index (χ1n) is 6.36. The summed E-state index contributed by atoms with van der Waals surface area (Å²) in [5, 5.41) is 3.81. The zero-order valence-electron chi connectivity index (χ0n) is 11.3. The molecule has 1 fully saturated rings. The second-order valence-electron chi connectivity index (χ2n) is 6.10. The van der Waals surface area contributed by atoms with Gasteiger partial charge in [0, 0.05) is 23.0 Å². The Morgan fingerprint density at radius 3 is 2.68 bits per heavy atom. The molecule has 0 radical (unpaired) electrons. The third-order valence-corrected chi connectivity index (χ3v) is 5.31. The van der Waals surface area contributed by atoms with Gasteiger partial charge in [-0.25, -0.2) is 4.39 Å². The zero-order chi connectivity index (χ0) is 14.1. The summed E-state index contributed by atoms with van der Waals surface area (Å²) in [7, 11) is 0. The fourth-order valence-corrected chi connectivity index (χ4v) is 4.40. The van der Waals surface area contributed by atoms with Gasteiger partial charge < -0.3 is 11.1 Å². The van der Waals surface area contributed by atoms with Crippen LogP contribution in [0, 0.1) is 11.2 Å². The first-order chi connectivity index (χ1) is 8.84. The van der Waals surface area contributed by atoms with Crippen molar-refractivity contribution in [3.05, 3.63) is 29.0 Å². The second-order valence-corrected chi connectivity index (χ2v) is 7.52. The van der Waals surface area contributed by atoms with Crippen LogP contribution in [0.5, 0.6) is 0 Å². The lowest BCUT2D eigenvalue weighted by Gasteiger charge is -2.45. The number of thioether (sulfide) groups is 1. The van der Waals surface area contributed by atoms with Gasteiger partial charge in [-0.05, 0) is 35.8 Å². The molecule has 0 spiro atoms. The molecule has 1 heterocycles. The monoisotopic (exact) mass is 302 g/mol. The van der Waals surface area contributed by atoms with Gasteiger partial charge in [-0.15, -0.1) is 0 Å². The summed E-state index contributed by atoms with van der Waals surface area (Å²) in [4.78, 5) is 0. The lowest BCUT2D eigenvalue weighted by atomic mass is 9.79. The number of rotatable bonds is 3. The maximum Gasteiger partial charge on any atom is 0.126 e. The van der Waals surface area contributed by atoms with Gasteiger partial charge in [-0.1, -0.05) is 25.4 Å². The van der Waals surface area contributed by atoms with E-state index in [9.17, 15) is 4.39 Å². The van der Waals surface area contributed by atoms with Crippen molar-refractivity contribution in [2.24, 2.45) is 11.1 Å². The van der Waals surface area contributed by atoms with Crippen molar-refractivity contribution >= 4 is 29.1 Å². The highest BCUT2D eigenvalue weighted by atomic mass is 35.5. The second kappa shape index (κ2) is 5.51. The first-order valence-corrected chi connectivity index (χ1v) is 7.90. The smallest absolute Gasteiger partial charge is 0.126 e. The van der Waals surface area contributed by atoms with Gasteiger partial charge in [0.05, 0.1) is 5.54 Å². The maximum atomic E-state index is 13.4. The average molecular weight is 303 g/mol. The predicted molar refractivity (Wildman–Crippen MR) is 82.5 cm³/mol. The van der Waals surface area contributed by atoms with Crippen LogP contribution in [0.25, 0.3) is 0 Å². The zero-order valence-corrected chi connectivity index (χ0v) is 12.9. The number of hydrogen-bond donors (Lipinski definition) is 2. The molecule has 0 saturated carbocycles. The van der Waals surface area contributed by atoms with E-state index in [1.165, 1.54) is 12.1 Å². The van der Waals surface area contributed by atoms with E-state index in [1.54, 1.807) is 6.07 Å². The van der Waals surface area contributed by atoms with Crippen molar-refractivity contribution in [3.8, 4) is 0 Å². The number of benzene rings is 1. The minimum absolute atomic E-state index is 0.191. The molecule has 1 aromatic carbocycles. The van der Waals surface area contributed by atoms with E-state index >= 15 is 0 Å². The van der Waals surface area contributed by atoms with Gasteiger partial charge in [0.15, 0.2) is 0 Å². The summed E-state index contributed by atoms with van der Waals surface area (Å²) in [5.41, 5.74) is 6.72. The fourth-order valence-electron chi connectivity index (χ4n) is 2.74. The molecule has 1 aromatic rings. The molecular weight excluding hydrogens is 283 g/mol. The Bertz CT molecular complexity index is 447. The third-order valence-electron chi connectivity index (χ3n) is 3.35. The molecule has 1 unspecified atom stereocenters. The number of nitrogens with one attached hydrogen (secondary N) is 1. The maximum absolute atomic E-state index is 13.4. The first kappa shape index (κ1) is 14.9.